The number of hydrogen-bond donors (Lipinski definition) is 1. The molecule has 1 aliphatic carbocycles. The first-order valence-corrected chi connectivity index (χ1v) is 7.40. The molecule has 3 atom stereocenters. The minimum Gasteiger partial charge on any atom is -0.377 e. The van der Waals surface area contributed by atoms with E-state index in [0.29, 0.717) is 6.10 Å². The van der Waals surface area contributed by atoms with Crippen LogP contribution in [0.4, 0.5) is 0 Å². The van der Waals surface area contributed by atoms with Gasteiger partial charge in [0.2, 0.25) is 0 Å². The van der Waals surface area contributed by atoms with Gasteiger partial charge in [-0.05, 0) is 51.1 Å². The summed E-state index contributed by atoms with van der Waals surface area (Å²) < 4.78 is 5.87. The number of nitrogens with zero attached hydrogens (tertiary/aromatic N) is 1. The van der Waals surface area contributed by atoms with Gasteiger partial charge in [-0.1, -0.05) is 13.3 Å². The minimum atomic E-state index is 0.475. The predicted molar refractivity (Wildman–Crippen MR) is 71.0 cm³/mol. The van der Waals surface area contributed by atoms with Crippen LogP contribution in [-0.2, 0) is 4.74 Å². The zero-order valence-electron chi connectivity index (χ0n) is 11.2. The highest BCUT2D eigenvalue weighted by atomic mass is 16.5. The monoisotopic (exact) mass is 240 g/mol. The molecule has 2 N–H and O–H groups in total. The lowest BCUT2D eigenvalue weighted by Crippen LogP contribution is -2.45. The summed E-state index contributed by atoms with van der Waals surface area (Å²) in [5, 5.41) is 0. The number of nitrogens with two attached hydrogens (primary N) is 1. The molecule has 0 spiro atoms. The van der Waals surface area contributed by atoms with Crippen molar-refractivity contribution in [2.75, 3.05) is 26.2 Å². The van der Waals surface area contributed by atoms with Gasteiger partial charge in [0.15, 0.2) is 0 Å². The second-order valence-electron chi connectivity index (χ2n) is 5.57. The lowest BCUT2D eigenvalue weighted by Gasteiger charge is -2.35. The van der Waals surface area contributed by atoms with E-state index in [2.05, 4.69) is 11.8 Å². The van der Waals surface area contributed by atoms with Crippen LogP contribution in [-0.4, -0.2) is 43.3 Å². The summed E-state index contributed by atoms with van der Waals surface area (Å²) in [5.74, 6) is 0.721. The van der Waals surface area contributed by atoms with E-state index in [9.17, 15) is 0 Å². The lowest BCUT2D eigenvalue weighted by molar-refractivity contribution is -0.0157. The van der Waals surface area contributed by atoms with Gasteiger partial charge in [0.1, 0.15) is 0 Å². The van der Waals surface area contributed by atoms with E-state index < -0.39 is 0 Å². The number of hydrogen-bond acceptors (Lipinski definition) is 3. The third-order valence-electron chi connectivity index (χ3n) is 4.51. The Labute approximate surface area is 106 Å². The van der Waals surface area contributed by atoms with Gasteiger partial charge >= 0.3 is 0 Å². The smallest absolute Gasteiger partial charge is 0.0702 e. The molecular weight excluding hydrogens is 212 g/mol. The van der Waals surface area contributed by atoms with Crippen LogP contribution in [0.5, 0.6) is 0 Å². The van der Waals surface area contributed by atoms with Gasteiger partial charge in [-0.2, -0.15) is 0 Å². The summed E-state index contributed by atoms with van der Waals surface area (Å²) in [5.41, 5.74) is 5.89. The minimum absolute atomic E-state index is 0.475. The molecule has 1 heterocycles. The Morgan fingerprint density at radius 1 is 1.18 bits per heavy atom. The third kappa shape index (κ3) is 3.43. The van der Waals surface area contributed by atoms with Crippen LogP contribution in [0.1, 0.15) is 45.4 Å². The molecule has 0 aromatic heterocycles. The maximum absolute atomic E-state index is 5.89. The molecule has 3 heteroatoms. The van der Waals surface area contributed by atoms with Crippen molar-refractivity contribution in [3.63, 3.8) is 0 Å². The molecule has 1 aliphatic heterocycles. The fourth-order valence-electron chi connectivity index (χ4n) is 3.48. The first kappa shape index (κ1) is 13.3. The Hall–Kier alpha value is -0.120. The molecule has 100 valence electrons. The number of ether oxygens (including phenoxy) is 1. The maximum atomic E-state index is 5.89. The predicted octanol–water partition coefficient (Wildman–Crippen LogP) is 2.00. The van der Waals surface area contributed by atoms with Crippen molar-refractivity contribution in [3.05, 3.63) is 0 Å². The van der Waals surface area contributed by atoms with Gasteiger partial charge in [-0.15, -0.1) is 0 Å². The van der Waals surface area contributed by atoms with Gasteiger partial charge in [-0.3, -0.25) is 4.90 Å². The van der Waals surface area contributed by atoms with Crippen molar-refractivity contribution in [2.24, 2.45) is 11.7 Å². The number of likely N-dealkylation sites (N-methyl/N-ethyl adjacent to an activating group) is 1. The lowest BCUT2D eigenvalue weighted by atomic mass is 10.0. The molecule has 0 radical (unpaired) electrons. The molecule has 0 aromatic rings. The standard InChI is InChI=1S/C14H28N2O/c1-2-16(11-13-7-3-4-9-17-13)14-8-5-6-12(14)10-15/h12-14H,2-11,15H2,1H3. The summed E-state index contributed by atoms with van der Waals surface area (Å²) >= 11 is 0. The molecule has 3 nitrogen and oxygen atoms in total. The van der Waals surface area contributed by atoms with Crippen molar-refractivity contribution < 1.29 is 4.74 Å². The Kier molecular flexibility index (Phi) is 5.26. The Morgan fingerprint density at radius 3 is 2.71 bits per heavy atom. The Morgan fingerprint density at radius 2 is 2.06 bits per heavy atom. The van der Waals surface area contributed by atoms with Crippen molar-refractivity contribution >= 4 is 0 Å². The van der Waals surface area contributed by atoms with Crippen LogP contribution in [0.3, 0.4) is 0 Å². The topological polar surface area (TPSA) is 38.5 Å². The third-order valence-corrected chi connectivity index (χ3v) is 4.51. The van der Waals surface area contributed by atoms with Crippen molar-refractivity contribution in [1.29, 1.82) is 0 Å². The second-order valence-corrected chi connectivity index (χ2v) is 5.57. The first-order chi connectivity index (χ1) is 8.35. The Bertz CT molecular complexity index is 216. The van der Waals surface area contributed by atoms with Crippen LogP contribution in [0.2, 0.25) is 0 Å². The summed E-state index contributed by atoms with van der Waals surface area (Å²) in [6.07, 6.45) is 8.32. The molecule has 0 aromatic carbocycles. The highest BCUT2D eigenvalue weighted by Crippen LogP contribution is 2.30. The van der Waals surface area contributed by atoms with Gasteiger partial charge in [0, 0.05) is 19.2 Å². The molecule has 0 amide bonds. The molecule has 17 heavy (non-hydrogen) atoms. The molecule has 2 fully saturated rings. The average molecular weight is 240 g/mol. The highest BCUT2D eigenvalue weighted by Gasteiger charge is 2.31. The molecule has 0 bridgehead atoms. The van der Waals surface area contributed by atoms with Crippen molar-refractivity contribution in [3.8, 4) is 0 Å². The van der Waals surface area contributed by atoms with Gasteiger partial charge in [0.25, 0.3) is 0 Å². The highest BCUT2D eigenvalue weighted by molar-refractivity contribution is 4.87. The van der Waals surface area contributed by atoms with Crippen LogP contribution < -0.4 is 5.73 Å². The van der Waals surface area contributed by atoms with Crippen LogP contribution >= 0.6 is 0 Å². The molecule has 1 saturated heterocycles. The quantitative estimate of drug-likeness (QED) is 0.799. The molecule has 3 unspecified atom stereocenters. The molecule has 2 rings (SSSR count). The van der Waals surface area contributed by atoms with E-state index in [1.54, 1.807) is 0 Å². The van der Waals surface area contributed by atoms with E-state index in [1.165, 1.54) is 38.5 Å². The number of rotatable bonds is 5. The molecular formula is C14H28N2O. The normalized spacial score (nSPS) is 34.4. The van der Waals surface area contributed by atoms with E-state index in [4.69, 9.17) is 10.5 Å². The summed E-state index contributed by atoms with van der Waals surface area (Å²) in [6.45, 7) is 6.35. The van der Waals surface area contributed by atoms with Crippen molar-refractivity contribution in [1.82, 2.24) is 4.90 Å². The fourth-order valence-corrected chi connectivity index (χ4v) is 3.48. The average Bonchev–Trinajstić information content (AvgIpc) is 2.85. The molecule has 2 aliphatic rings. The second kappa shape index (κ2) is 6.72. The first-order valence-electron chi connectivity index (χ1n) is 7.40. The van der Waals surface area contributed by atoms with Gasteiger partial charge < -0.3 is 10.5 Å². The largest absolute Gasteiger partial charge is 0.377 e. The zero-order chi connectivity index (χ0) is 12.1. The van der Waals surface area contributed by atoms with Crippen LogP contribution in [0.25, 0.3) is 0 Å². The van der Waals surface area contributed by atoms with Gasteiger partial charge in [-0.25, -0.2) is 0 Å². The van der Waals surface area contributed by atoms with Crippen LogP contribution in [0.15, 0.2) is 0 Å². The SMILES string of the molecule is CCN(CC1CCCCO1)C1CCCC1CN. The van der Waals surface area contributed by atoms with Crippen LogP contribution in [0, 0.1) is 5.92 Å². The fraction of sp³-hybridized carbons (Fsp3) is 1.00. The Balaban J connectivity index is 1.86. The maximum Gasteiger partial charge on any atom is 0.0702 e. The van der Waals surface area contributed by atoms with E-state index >= 15 is 0 Å². The summed E-state index contributed by atoms with van der Waals surface area (Å²) in [7, 11) is 0. The van der Waals surface area contributed by atoms with Gasteiger partial charge in [0.05, 0.1) is 6.10 Å². The van der Waals surface area contributed by atoms with Crippen molar-refractivity contribution in [2.45, 2.75) is 57.6 Å². The van der Waals surface area contributed by atoms with E-state index in [1.807, 2.05) is 0 Å². The zero-order valence-corrected chi connectivity index (χ0v) is 11.2. The summed E-state index contributed by atoms with van der Waals surface area (Å²) in [6, 6.07) is 0.718. The van der Waals surface area contributed by atoms with E-state index in [-0.39, 0.29) is 0 Å². The van der Waals surface area contributed by atoms with E-state index in [0.717, 1.165) is 38.2 Å². The molecule has 1 saturated carbocycles. The summed E-state index contributed by atoms with van der Waals surface area (Å²) in [4.78, 5) is 2.63.